The Kier molecular flexibility index (Phi) is 4.75. The molecule has 0 radical (unpaired) electrons. The highest BCUT2D eigenvalue weighted by atomic mass is 19.4. The largest absolute Gasteiger partial charge is 0.416 e. The zero-order valence-electron chi connectivity index (χ0n) is 15.4. The van der Waals surface area contributed by atoms with Crippen molar-refractivity contribution in [3.63, 3.8) is 0 Å². The average Bonchev–Trinajstić information content (AvgIpc) is 3.04. The quantitative estimate of drug-likeness (QED) is 0.499. The molecule has 1 aliphatic carbocycles. The highest BCUT2D eigenvalue weighted by Gasteiger charge is 2.30. The molecule has 3 aromatic rings. The fourth-order valence-electron chi connectivity index (χ4n) is 3.53. The first-order chi connectivity index (χ1) is 13.9. The Morgan fingerprint density at radius 3 is 2.38 bits per heavy atom. The summed E-state index contributed by atoms with van der Waals surface area (Å²) in [7, 11) is 0. The van der Waals surface area contributed by atoms with Crippen LogP contribution >= 0.6 is 0 Å². The molecule has 0 bridgehead atoms. The molecule has 0 aliphatic heterocycles. The van der Waals surface area contributed by atoms with Crippen LogP contribution in [0.3, 0.4) is 0 Å². The third-order valence-electron chi connectivity index (χ3n) is 5.36. The molecule has 0 saturated heterocycles. The summed E-state index contributed by atoms with van der Waals surface area (Å²) in [6.07, 6.45) is 1.58. The molecule has 4 rings (SSSR count). The number of nitriles is 1. The summed E-state index contributed by atoms with van der Waals surface area (Å²) in [5.41, 5.74) is 1.36. The Labute approximate surface area is 165 Å². The van der Waals surface area contributed by atoms with Crippen LogP contribution < -0.4 is 0 Å². The van der Waals surface area contributed by atoms with Gasteiger partial charge in [-0.15, -0.1) is 0 Å². The van der Waals surface area contributed by atoms with E-state index in [1.165, 1.54) is 12.1 Å². The van der Waals surface area contributed by atoms with Gasteiger partial charge < -0.3 is 0 Å². The third-order valence-corrected chi connectivity index (χ3v) is 5.36. The fourth-order valence-corrected chi connectivity index (χ4v) is 3.53. The minimum absolute atomic E-state index is 0.00286. The summed E-state index contributed by atoms with van der Waals surface area (Å²) in [4.78, 5) is 12.8. The van der Waals surface area contributed by atoms with Gasteiger partial charge in [0.15, 0.2) is 0 Å². The van der Waals surface area contributed by atoms with E-state index in [2.05, 4.69) is 6.07 Å². The Morgan fingerprint density at radius 1 is 1.10 bits per heavy atom. The Hall–Kier alpha value is -3.33. The van der Waals surface area contributed by atoms with Crippen LogP contribution in [-0.2, 0) is 6.18 Å². The number of para-hydroxylation sites is 1. The van der Waals surface area contributed by atoms with E-state index in [-0.39, 0.29) is 11.8 Å². The molecule has 2 aromatic carbocycles. The number of hydrogen-bond acceptors (Lipinski definition) is 2. The van der Waals surface area contributed by atoms with Crippen molar-refractivity contribution in [2.75, 3.05) is 0 Å². The molecule has 1 heterocycles. The highest BCUT2D eigenvalue weighted by molar-refractivity contribution is 6.05. The smallest absolute Gasteiger partial charge is 0.286 e. The van der Waals surface area contributed by atoms with Crippen LogP contribution in [0.2, 0.25) is 0 Å². The van der Waals surface area contributed by atoms with E-state index in [4.69, 9.17) is 0 Å². The first-order valence-electron chi connectivity index (χ1n) is 9.32. The van der Waals surface area contributed by atoms with Gasteiger partial charge in [0.1, 0.15) is 0 Å². The van der Waals surface area contributed by atoms with Crippen molar-refractivity contribution < 1.29 is 18.0 Å². The number of fused-ring (bicyclic) bond motifs is 1. The molecule has 1 saturated carbocycles. The molecule has 29 heavy (non-hydrogen) atoms. The molecule has 146 valence electrons. The van der Waals surface area contributed by atoms with Crippen molar-refractivity contribution in [3.8, 4) is 6.07 Å². The Bertz CT molecular complexity index is 1140. The van der Waals surface area contributed by atoms with Crippen molar-refractivity contribution in [1.29, 1.82) is 5.26 Å². The second-order valence-corrected chi connectivity index (χ2v) is 7.19. The minimum Gasteiger partial charge on any atom is -0.286 e. The first kappa shape index (κ1) is 19.0. The topological polar surface area (TPSA) is 45.8 Å². The van der Waals surface area contributed by atoms with E-state index in [9.17, 15) is 23.2 Å². The van der Waals surface area contributed by atoms with Crippen LogP contribution in [-0.4, -0.2) is 10.5 Å². The van der Waals surface area contributed by atoms with Crippen molar-refractivity contribution in [3.05, 3.63) is 71.4 Å². The number of alkyl halides is 3. The van der Waals surface area contributed by atoms with E-state index in [1.807, 2.05) is 24.3 Å². The Balaban J connectivity index is 1.77. The van der Waals surface area contributed by atoms with Crippen molar-refractivity contribution >= 4 is 28.5 Å². The van der Waals surface area contributed by atoms with Gasteiger partial charge in [-0.05, 0) is 42.7 Å². The first-order valence-corrected chi connectivity index (χ1v) is 9.32. The highest BCUT2D eigenvalue weighted by Crippen LogP contribution is 2.34. The molecular formula is C23H17F3N2O. The molecule has 1 aromatic heterocycles. The average molecular weight is 394 g/mol. The van der Waals surface area contributed by atoms with Crippen LogP contribution in [0.5, 0.6) is 0 Å². The normalized spacial score (nSPS) is 15.2. The molecule has 0 N–H and O–H groups in total. The monoisotopic (exact) mass is 394 g/mol. The Morgan fingerprint density at radius 2 is 1.79 bits per heavy atom. The lowest BCUT2D eigenvalue weighted by molar-refractivity contribution is -0.137. The molecule has 1 fully saturated rings. The van der Waals surface area contributed by atoms with Crippen LogP contribution in [0.1, 0.15) is 40.7 Å². The van der Waals surface area contributed by atoms with Gasteiger partial charge in [-0.2, -0.15) is 18.4 Å². The zero-order valence-corrected chi connectivity index (χ0v) is 15.4. The van der Waals surface area contributed by atoms with Crippen molar-refractivity contribution in [1.82, 2.24) is 4.57 Å². The minimum atomic E-state index is -4.41. The summed E-state index contributed by atoms with van der Waals surface area (Å²) in [5, 5.41) is 10.5. The van der Waals surface area contributed by atoms with Gasteiger partial charge in [-0.1, -0.05) is 36.8 Å². The predicted octanol–water partition coefficient (Wildman–Crippen LogP) is 6.16. The van der Waals surface area contributed by atoms with Gasteiger partial charge in [0.2, 0.25) is 5.91 Å². The number of aromatic nitrogens is 1. The number of hydrogen-bond donors (Lipinski definition) is 0. The summed E-state index contributed by atoms with van der Waals surface area (Å²) in [5.74, 6) is 0.0219. The van der Waals surface area contributed by atoms with E-state index >= 15 is 0 Å². The van der Waals surface area contributed by atoms with Crippen molar-refractivity contribution in [2.45, 2.75) is 25.4 Å². The van der Waals surface area contributed by atoms with Gasteiger partial charge in [-0.3, -0.25) is 9.36 Å². The van der Waals surface area contributed by atoms with Gasteiger partial charge in [0.25, 0.3) is 0 Å². The number of rotatable bonds is 3. The molecule has 0 unspecified atom stereocenters. The number of carbonyl (C=O) groups excluding carboxylic acids is 1. The molecule has 0 amide bonds. The van der Waals surface area contributed by atoms with Crippen LogP contribution in [0, 0.1) is 17.2 Å². The maximum absolute atomic E-state index is 12.8. The summed E-state index contributed by atoms with van der Waals surface area (Å²) < 4.78 is 39.9. The SMILES string of the molecule is N#CC(=Cc1ccc(C(F)(F)F)cc1)c1cn(C(=O)C2CCC2)c2ccccc12. The van der Waals surface area contributed by atoms with Crippen LogP contribution in [0.4, 0.5) is 13.2 Å². The lowest BCUT2D eigenvalue weighted by atomic mass is 9.85. The molecule has 0 atom stereocenters. The van der Waals surface area contributed by atoms with Crippen molar-refractivity contribution in [2.24, 2.45) is 5.92 Å². The van der Waals surface area contributed by atoms with Crippen LogP contribution in [0.15, 0.2) is 54.7 Å². The van der Waals surface area contributed by atoms with Gasteiger partial charge in [-0.25, -0.2) is 0 Å². The summed E-state index contributed by atoms with van der Waals surface area (Å²) in [6.45, 7) is 0. The third kappa shape index (κ3) is 3.56. The van der Waals surface area contributed by atoms with Crippen LogP contribution in [0.25, 0.3) is 22.6 Å². The summed E-state index contributed by atoms with van der Waals surface area (Å²) >= 11 is 0. The molecule has 6 heteroatoms. The number of benzene rings is 2. The lowest BCUT2D eigenvalue weighted by Crippen LogP contribution is -2.26. The molecule has 1 aliphatic rings. The van der Waals surface area contributed by atoms with E-state index in [0.717, 1.165) is 42.3 Å². The number of halogens is 3. The van der Waals surface area contributed by atoms with Gasteiger partial charge >= 0.3 is 6.18 Å². The fraction of sp³-hybridized carbons (Fsp3) is 0.217. The number of nitrogens with zero attached hydrogens (tertiary/aromatic N) is 2. The molecule has 3 nitrogen and oxygen atoms in total. The standard InChI is InChI=1S/C23H17F3N2O/c24-23(25,26)18-10-8-15(9-11-18)12-17(13-27)20-14-28(22(29)16-4-3-5-16)21-7-2-1-6-19(20)21/h1-2,6-12,14,16H,3-5H2. The van der Waals surface area contributed by atoms with E-state index in [1.54, 1.807) is 16.8 Å². The zero-order chi connectivity index (χ0) is 20.6. The number of allylic oxidation sites excluding steroid dienone is 1. The van der Waals surface area contributed by atoms with E-state index in [0.29, 0.717) is 16.7 Å². The maximum Gasteiger partial charge on any atom is 0.416 e. The lowest BCUT2D eigenvalue weighted by Gasteiger charge is -2.24. The predicted molar refractivity (Wildman–Crippen MR) is 105 cm³/mol. The van der Waals surface area contributed by atoms with Gasteiger partial charge in [0, 0.05) is 23.1 Å². The molecule has 0 spiro atoms. The van der Waals surface area contributed by atoms with E-state index < -0.39 is 11.7 Å². The summed E-state index contributed by atoms with van der Waals surface area (Å²) in [6, 6.07) is 14.1. The maximum atomic E-state index is 12.8. The molecular weight excluding hydrogens is 377 g/mol. The van der Waals surface area contributed by atoms with Gasteiger partial charge in [0.05, 0.1) is 22.7 Å². The second-order valence-electron chi connectivity index (χ2n) is 7.19. The number of carbonyl (C=O) groups is 1. The second kappa shape index (κ2) is 7.25.